The Morgan fingerprint density at radius 1 is 1.38 bits per heavy atom. The first kappa shape index (κ1) is 18.1. The molecular formula is C13H18BrFN2O3S. The first-order valence-corrected chi connectivity index (χ1v) is 8.50. The van der Waals surface area contributed by atoms with E-state index in [1.807, 2.05) is 20.8 Å². The van der Waals surface area contributed by atoms with Crippen molar-refractivity contribution in [2.24, 2.45) is 10.6 Å². The summed E-state index contributed by atoms with van der Waals surface area (Å²) in [7, 11) is -4.06. The Hall–Kier alpha value is -0.990. The predicted octanol–water partition coefficient (Wildman–Crippen LogP) is 2.40. The summed E-state index contributed by atoms with van der Waals surface area (Å²) in [4.78, 5) is 11.8. The van der Waals surface area contributed by atoms with Crippen LogP contribution in [0.15, 0.2) is 21.5 Å². The average Bonchev–Trinajstić information content (AvgIpc) is 2.25. The average molecular weight is 381 g/mol. The van der Waals surface area contributed by atoms with Crippen molar-refractivity contribution in [3.05, 3.63) is 28.0 Å². The van der Waals surface area contributed by atoms with E-state index in [1.165, 1.54) is 0 Å². The lowest BCUT2D eigenvalue weighted by Crippen LogP contribution is -2.41. The molecule has 1 atom stereocenters. The number of halogens is 2. The topological polar surface area (TPSA) is 89.3 Å². The number of nitrogens with one attached hydrogen (secondary N) is 1. The van der Waals surface area contributed by atoms with Gasteiger partial charge in [-0.05, 0) is 40.4 Å². The molecule has 1 amide bonds. The number of carbonyl (C=O) groups excluding carboxylic acids is 1. The van der Waals surface area contributed by atoms with Gasteiger partial charge < -0.3 is 5.32 Å². The number of sulfonamides is 1. The number of hydrogen-bond acceptors (Lipinski definition) is 3. The largest absolute Gasteiger partial charge is 0.349 e. The number of amides is 1. The van der Waals surface area contributed by atoms with E-state index in [4.69, 9.17) is 5.14 Å². The third kappa shape index (κ3) is 4.49. The van der Waals surface area contributed by atoms with Gasteiger partial charge in [0.05, 0.1) is 10.5 Å². The summed E-state index contributed by atoms with van der Waals surface area (Å²) in [6, 6.07) is 1.61. The fourth-order valence-electron chi connectivity index (χ4n) is 1.41. The van der Waals surface area contributed by atoms with Gasteiger partial charge >= 0.3 is 0 Å². The second-order valence-corrected chi connectivity index (χ2v) is 8.25. The van der Waals surface area contributed by atoms with Crippen molar-refractivity contribution in [1.29, 1.82) is 0 Å². The van der Waals surface area contributed by atoms with Crippen LogP contribution in [0.5, 0.6) is 0 Å². The molecule has 0 aliphatic carbocycles. The Morgan fingerprint density at radius 3 is 2.33 bits per heavy atom. The van der Waals surface area contributed by atoms with Crippen LogP contribution in [-0.4, -0.2) is 20.4 Å². The van der Waals surface area contributed by atoms with Gasteiger partial charge in [0.15, 0.2) is 0 Å². The Bertz CT molecular complexity index is 669. The zero-order valence-corrected chi connectivity index (χ0v) is 14.6. The zero-order chi connectivity index (χ0) is 16.6. The molecule has 0 fully saturated rings. The van der Waals surface area contributed by atoms with Gasteiger partial charge in [-0.1, -0.05) is 20.8 Å². The van der Waals surface area contributed by atoms with Gasteiger partial charge in [-0.2, -0.15) is 0 Å². The molecule has 0 radical (unpaired) electrons. The summed E-state index contributed by atoms with van der Waals surface area (Å²) < 4.78 is 36.7. The maximum Gasteiger partial charge on any atom is 0.254 e. The molecule has 21 heavy (non-hydrogen) atoms. The number of benzene rings is 1. The molecule has 8 heteroatoms. The minimum absolute atomic E-state index is 0.0251. The summed E-state index contributed by atoms with van der Waals surface area (Å²) >= 11 is 2.92. The van der Waals surface area contributed by atoms with Gasteiger partial charge in [0.1, 0.15) is 5.82 Å². The Kier molecular flexibility index (Phi) is 5.18. The maximum absolute atomic E-state index is 13.9. The molecule has 0 spiro atoms. The molecule has 0 aliphatic rings. The summed E-state index contributed by atoms with van der Waals surface area (Å²) in [5, 5.41) is 7.68. The molecule has 0 aliphatic heterocycles. The van der Waals surface area contributed by atoms with Crippen molar-refractivity contribution in [1.82, 2.24) is 5.32 Å². The van der Waals surface area contributed by atoms with Crippen LogP contribution in [-0.2, 0) is 10.0 Å². The van der Waals surface area contributed by atoms with Crippen molar-refractivity contribution >= 4 is 31.9 Å². The molecule has 0 saturated carbocycles. The van der Waals surface area contributed by atoms with Gasteiger partial charge in [-0.3, -0.25) is 4.79 Å². The highest BCUT2D eigenvalue weighted by molar-refractivity contribution is 9.10. The van der Waals surface area contributed by atoms with Crippen LogP contribution in [0.3, 0.4) is 0 Å². The monoisotopic (exact) mass is 380 g/mol. The second kappa shape index (κ2) is 6.02. The Labute approximate surface area is 132 Å². The van der Waals surface area contributed by atoms with Gasteiger partial charge in [0.25, 0.3) is 5.91 Å². The normalized spacial score (nSPS) is 13.9. The van der Waals surface area contributed by atoms with E-state index in [0.29, 0.717) is 0 Å². The third-order valence-electron chi connectivity index (χ3n) is 3.22. The summed E-state index contributed by atoms with van der Waals surface area (Å²) in [5.74, 6) is -1.51. The standard InChI is InChI=1S/C13H18BrFN2O3S/c1-7(13(2,3)4)17-12(18)8-5-11(21(16,19)20)9(14)6-10(8)15/h5-7H,1-4H3,(H,17,18)(H2,16,19,20). The van der Waals surface area contributed by atoms with Gasteiger partial charge in [-0.15, -0.1) is 0 Å². The number of carbonyl (C=O) groups is 1. The molecule has 0 heterocycles. The van der Waals surface area contributed by atoms with E-state index in [1.54, 1.807) is 6.92 Å². The van der Waals surface area contributed by atoms with Crippen molar-refractivity contribution in [2.75, 3.05) is 0 Å². The minimum atomic E-state index is -4.06. The summed E-state index contributed by atoms with van der Waals surface area (Å²) in [6.07, 6.45) is 0. The van der Waals surface area contributed by atoms with Gasteiger partial charge in [-0.25, -0.2) is 17.9 Å². The smallest absolute Gasteiger partial charge is 0.254 e. The lowest BCUT2D eigenvalue weighted by Gasteiger charge is -2.28. The zero-order valence-electron chi connectivity index (χ0n) is 12.2. The number of rotatable bonds is 3. The molecule has 1 unspecified atom stereocenters. The molecule has 5 nitrogen and oxygen atoms in total. The van der Waals surface area contributed by atoms with Crippen LogP contribution in [0, 0.1) is 11.2 Å². The van der Waals surface area contributed by atoms with Crippen LogP contribution < -0.4 is 10.5 Å². The lowest BCUT2D eigenvalue weighted by molar-refractivity contribution is 0.0905. The number of nitrogens with two attached hydrogens (primary N) is 1. The molecule has 0 aromatic heterocycles. The first-order chi connectivity index (χ1) is 9.34. The molecule has 1 aromatic carbocycles. The molecule has 1 rings (SSSR count). The van der Waals surface area contributed by atoms with E-state index in [0.717, 1.165) is 12.1 Å². The molecule has 0 bridgehead atoms. The second-order valence-electron chi connectivity index (χ2n) is 5.87. The summed E-state index contributed by atoms with van der Waals surface area (Å²) in [6.45, 7) is 7.55. The van der Waals surface area contributed by atoms with Crippen LogP contribution in [0.2, 0.25) is 0 Å². The molecule has 0 saturated heterocycles. The van der Waals surface area contributed by atoms with E-state index >= 15 is 0 Å². The fraction of sp³-hybridized carbons (Fsp3) is 0.462. The highest BCUT2D eigenvalue weighted by atomic mass is 79.9. The number of hydrogen-bond donors (Lipinski definition) is 2. The van der Waals surface area contributed by atoms with Crippen LogP contribution in [0.1, 0.15) is 38.1 Å². The first-order valence-electron chi connectivity index (χ1n) is 6.16. The van der Waals surface area contributed by atoms with E-state index < -0.39 is 21.7 Å². The maximum atomic E-state index is 13.9. The minimum Gasteiger partial charge on any atom is -0.349 e. The van der Waals surface area contributed by atoms with E-state index in [-0.39, 0.29) is 26.4 Å². The lowest BCUT2D eigenvalue weighted by atomic mass is 9.88. The van der Waals surface area contributed by atoms with Crippen molar-refractivity contribution in [3.63, 3.8) is 0 Å². The summed E-state index contributed by atoms with van der Waals surface area (Å²) in [5.41, 5.74) is -0.581. The van der Waals surface area contributed by atoms with E-state index in [9.17, 15) is 17.6 Å². The quantitative estimate of drug-likeness (QED) is 0.843. The van der Waals surface area contributed by atoms with Crippen molar-refractivity contribution in [3.8, 4) is 0 Å². The fourth-order valence-corrected chi connectivity index (χ4v) is 3.02. The van der Waals surface area contributed by atoms with Crippen LogP contribution in [0.4, 0.5) is 4.39 Å². The van der Waals surface area contributed by atoms with Crippen LogP contribution in [0.25, 0.3) is 0 Å². The molecule has 3 N–H and O–H groups in total. The molecule has 118 valence electrons. The Balaban J connectivity index is 3.23. The third-order valence-corrected chi connectivity index (χ3v) is 5.09. The molecule has 1 aromatic rings. The predicted molar refractivity (Wildman–Crippen MR) is 81.9 cm³/mol. The Morgan fingerprint density at radius 2 is 1.90 bits per heavy atom. The number of primary sulfonamides is 1. The molecular weight excluding hydrogens is 363 g/mol. The van der Waals surface area contributed by atoms with Crippen molar-refractivity contribution < 1.29 is 17.6 Å². The SMILES string of the molecule is CC(NC(=O)c1cc(S(N)(=O)=O)c(Br)cc1F)C(C)(C)C. The van der Waals surface area contributed by atoms with Crippen LogP contribution >= 0.6 is 15.9 Å². The van der Waals surface area contributed by atoms with Gasteiger partial charge in [0.2, 0.25) is 10.0 Å². The van der Waals surface area contributed by atoms with Crippen molar-refractivity contribution in [2.45, 2.75) is 38.6 Å². The van der Waals surface area contributed by atoms with E-state index in [2.05, 4.69) is 21.2 Å². The highest BCUT2D eigenvalue weighted by Gasteiger charge is 2.25. The van der Waals surface area contributed by atoms with Gasteiger partial charge in [0, 0.05) is 10.5 Å². The highest BCUT2D eigenvalue weighted by Crippen LogP contribution is 2.25.